The van der Waals surface area contributed by atoms with Gasteiger partial charge in [-0.05, 0) is 81.3 Å². The van der Waals surface area contributed by atoms with Crippen LogP contribution < -0.4 is 9.47 Å². The second kappa shape index (κ2) is 34.3. The lowest BCUT2D eigenvalue weighted by atomic mass is 9.75. The SMILES string of the molecule is CC1CCC(C(C)C)C(OC(=O)Cl)C1.COc1cc(COC(=O)Cl)c([N+](=O)[O-])cc1OC.O=C(Cl)OC1CCCC1.O=C(Cl)OCCCCCl.O=C(Cl)OCc1ccccc1Cl. The fraction of sp³-hybridized carbons (Fsp3) is 0.575. The monoisotopic (exact) mass is 1020 g/mol. The van der Waals surface area contributed by atoms with Crippen LogP contribution in [0.2, 0.25) is 5.02 Å². The molecule has 15 nitrogen and oxygen atoms in total. The molecule has 22 heteroatoms. The van der Waals surface area contributed by atoms with Crippen LogP contribution in [0.1, 0.15) is 89.7 Å². The zero-order valence-electron chi connectivity index (χ0n) is 34.9. The second-order valence-electron chi connectivity index (χ2n) is 13.7. The molecule has 0 spiro atoms. The Hall–Kier alpha value is -3.18. The Kier molecular flexibility index (Phi) is 32.5. The number of halogens is 7. The molecule has 350 valence electrons. The molecule has 0 radical (unpaired) electrons. The van der Waals surface area contributed by atoms with Crippen molar-refractivity contribution >= 4 is 114 Å². The van der Waals surface area contributed by atoms with Gasteiger partial charge in [-0.3, -0.25) is 10.1 Å². The number of nitro groups is 1. The summed E-state index contributed by atoms with van der Waals surface area (Å²) in [6.07, 6.45) is 9.40. The minimum atomic E-state index is -1.04. The largest absolute Gasteiger partial charge is 0.493 e. The van der Waals surface area contributed by atoms with Crippen molar-refractivity contribution in [1.82, 2.24) is 0 Å². The molecule has 3 atom stereocenters. The van der Waals surface area contributed by atoms with E-state index in [2.05, 4.69) is 35.0 Å². The number of methoxy groups -OCH3 is 2. The Morgan fingerprint density at radius 1 is 0.742 bits per heavy atom. The van der Waals surface area contributed by atoms with Gasteiger partial charge in [0.1, 0.15) is 25.4 Å². The molecule has 2 aliphatic carbocycles. The molecule has 0 bridgehead atoms. The Morgan fingerprint density at radius 3 is 1.74 bits per heavy atom. The molecule has 0 amide bonds. The van der Waals surface area contributed by atoms with Gasteiger partial charge in [-0.15, -0.1) is 11.6 Å². The number of alkyl halides is 1. The summed E-state index contributed by atoms with van der Waals surface area (Å²) in [6.45, 7) is 6.72. The number of ether oxygens (including phenoxy) is 7. The highest BCUT2D eigenvalue weighted by molar-refractivity contribution is 6.62. The molecular formula is C40H52Cl7NO14. The van der Waals surface area contributed by atoms with Crippen LogP contribution in [0.3, 0.4) is 0 Å². The highest BCUT2D eigenvalue weighted by Gasteiger charge is 2.33. The van der Waals surface area contributed by atoms with Gasteiger partial charge in [-0.2, -0.15) is 0 Å². The number of carbonyl (C=O) groups excluding carboxylic acids is 5. The number of hydrogen-bond acceptors (Lipinski definition) is 14. The zero-order valence-corrected chi connectivity index (χ0v) is 40.1. The van der Waals surface area contributed by atoms with E-state index in [9.17, 15) is 34.1 Å². The molecule has 2 saturated carbocycles. The summed E-state index contributed by atoms with van der Waals surface area (Å²) in [6, 6.07) is 9.64. The van der Waals surface area contributed by atoms with E-state index >= 15 is 0 Å². The first-order chi connectivity index (χ1) is 29.2. The Labute approximate surface area is 396 Å². The van der Waals surface area contributed by atoms with Crippen LogP contribution in [-0.2, 0) is 36.9 Å². The van der Waals surface area contributed by atoms with Crippen molar-refractivity contribution in [3.8, 4) is 11.5 Å². The lowest BCUT2D eigenvalue weighted by molar-refractivity contribution is -0.385. The van der Waals surface area contributed by atoms with E-state index < -0.39 is 32.1 Å². The van der Waals surface area contributed by atoms with Crippen LogP contribution in [0.25, 0.3) is 0 Å². The first-order valence-corrected chi connectivity index (χ1v) is 21.9. The van der Waals surface area contributed by atoms with Crippen molar-refractivity contribution in [2.75, 3.05) is 26.7 Å². The molecule has 2 aliphatic rings. The molecular weight excluding hydrogens is 967 g/mol. The first-order valence-electron chi connectivity index (χ1n) is 19.1. The summed E-state index contributed by atoms with van der Waals surface area (Å²) >= 11 is 36.2. The molecule has 2 aromatic carbocycles. The lowest BCUT2D eigenvalue weighted by Crippen LogP contribution is -2.34. The third-order valence-corrected chi connectivity index (χ3v) is 10.1. The van der Waals surface area contributed by atoms with E-state index in [0.29, 0.717) is 41.0 Å². The van der Waals surface area contributed by atoms with Gasteiger partial charge in [0.05, 0.1) is 37.4 Å². The van der Waals surface area contributed by atoms with Crippen molar-refractivity contribution in [2.24, 2.45) is 17.8 Å². The Bertz CT molecular complexity index is 1680. The number of carbonyl (C=O) groups is 5. The topological polar surface area (TPSA) is 193 Å². The molecule has 4 rings (SSSR count). The van der Waals surface area contributed by atoms with Gasteiger partial charge in [-0.1, -0.05) is 57.0 Å². The van der Waals surface area contributed by atoms with Gasteiger partial charge >= 0.3 is 27.1 Å². The number of benzene rings is 2. The summed E-state index contributed by atoms with van der Waals surface area (Å²) < 4.78 is 33.3. The minimum absolute atomic E-state index is 0.0312. The third-order valence-electron chi connectivity index (χ3n) is 8.93. The molecule has 2 fully saturated rings. The standard InChI is InChI=1S/C11H19ClO2.C10H10ClNO6.C8H6Cl2O2.C6H9ClO2.C5H8Cl2O2/c1-7(2)9-5-4-8(3)6-10(9)14-11(12)13;1-16-8-3-6(5-18-10(11)13)7(12(14)15)4-9(8)17-2;9-7-4-2-1-3-6(7)5-12-8(10)11;7-6(8)9-5-3-1-2-4-5;6-3-1-2-4-9-5(7)8/h7-10H,4-6H2,1-3H3;3-4H,5H2,1-2H3;1-4H,5H2;5H,1-4H2;1-4H2. The van der Waals surface area contributed by atoms with E-state index in [0.717, 1.165) is 56.9 Å². The molecule has 0 N–H and O–H groups in total. The average molecular weight is 1020 g/mol. The van der Waals surface area contributed by atoms with Gasteiger partial charge in [-0.25, -0.2) is 24.0 Å². The van der Waals surface area contributed by atoms with Gasteiger partial charge in [0.25, 0.3) is 5.69 Å². The van der Waals surface area contributed by atoms with Gasteiger partial charge < -0.3 is 33.2 Å². The van der Waals surface area contributed by atoms with E-state index in [1.165, 1.54) is 32.8 Å². The minimum Gasteiger partial charge on any atom is -0.493 e. The Balaban J connectivity index is 0.000000770. The fourth-order valence-corrected chi connectivity index (χ4v) is 6.74. The fourth-order valence-electron chi connectivity index (χ4n) is 5.94. The maximum Gasteiger partial charge on any atom is 0.404 e. The number of hydrogen-bond donors (Lipinski definition) is 0. The summed E-state index contributed by atoms with van der Waals surface area (Å²) in [5.74, 6) is 2.79. The molecule has 2 aromatic rings. The normalized spacial score (nSPS) is 16.4. The van der Waals surface area contributed by atoms with Crippen LogP contribution >= 0.6 is 81.2 Å². The zero-order chi connectivity index (χ0) is 47.2. The van der Waals surface area contributed by atoms with Crippen molar-refractivity contribution in [3.63, 3.8) is 0 Å². The molecule has 0 aliphatic heterocycles. The van der Waals surface area contributed by atoms with Gasteiger partial charge in [0.2, 0.25) is 0 Å². The maximum absolute atomic E-state index is 10.9. The van der Waals surface area contributed by atoms with Crippen LogP contribution in [0.15, 0.2) is 36.4 Å². The van der Waals surface area contributed by atoms with Gasteiger partial charge in [0.15, 0.2) is 11.5 Å². The van der Waals surface area contributed by atoms with E-state index in [1.807, 2.05) is 6.07 Å². The summed E-state index contributed by atoms with van der Waals surface area (Å²) in [7, 11) is 2.75. The third kappa shape index (κ3) is 27.8. The lowest BCUT2D eigenvalue weighted by Gasteiger charge is -2.36. The van der Waals surface area contributed by atoms with Gasteiger partial charge in [0, 0.05) is 74.5 Å². The molecule has 0 aromatic heterocycles. The van der Waals surface area contributed by atoms with Crippen molar-refractivity contribution < 1.29 is 62.1 Å². The van der Waals surface area contributed by atoms with Crippen LogP contribution in [0, 0.1) is 27.9 Å². The number of unbranched alkanes of at least 4 members (excludes halogenated alkanes) is 1. The number of nitro benzene ring substituents is 1. The molecule has 0 heterocycles. The van der Waals surface area contributed by atoms with E-state index in [4.69, 9.17) is 100 Å². The maximum atomic E-state index is 10.9. The van der Waals surface area contributed by atoms with Crippen LogP contribution in [0.4, 0.5) is 29.7 Å². The highest BCUT2D eigenvalue weighted by atomic mass is 35.5. The molecule has 0 saturated heterocycles. The highest BCUT2D eigenvalue weighted by Crippen LogP contribution is 2.36. The molecule has 62 heavy (non-hydrogen) atoms. The van der Waals surface area contributed by atoms with Crippen molar-refractivity contribution in [3.05, 3.63) is 62.7 Å². The molecule has 3 unspecified atom stereocenters. The van der Waals surface area contributed by atoms with Crippen molar-refractivity contribution in [2.45, 2.75) is 104 Å². The average Bonchev–Trinajstić information content (AvgIpc) is 3.71. The smallest absolute Gasteiger partial charge is 0.404 e. The number of nitrogens with zero attached hydrogens (tertiary/aromatic N) is 1. The first kappa shape index (κ1) is 58.8. The van der Waals surface area contributed by atoms with Crippen LogP contribution in [-0.4, -0.2) is 71.0 Å². The summed E-state index contributed by atoms with van der Waals surface area (Å²) in [5, 5.41) is 11.4. The van der Waals surface area contributed by atoms with Crippen LogP contribution in [0.5, 0.6) is 11.5 Å². The quantitative estimate of drug-likeness (QED) is 0.0433. The summed E-state index contributed by atoms with van der Waals surface area (Å²) in [4.78, 5) is 61.8. The Morgan fingerprint density at radius 2 is 1.27 bits per heavy atom. The van der Waals surface area contributed by atoms with E-state index in [-0.39, 0.29) is 42.4 Å². The predicted molar refractivity (Wildman–Crippen MR) is 239 cm³/mol. The van der Waals surface area contributed by atoms with Crippen molar-refractivity contribution in [1.29, 1.82) is 0 Å². The number of rotatable bonds is 14. The van der Waals surface area contributed by atoms with E-state index in [1.54, 1.807) is 18.2 Å². The second-order valence-corrected chi connectivity index (χ2v) is 16.0. The summed E-state index contributed by atoms with van der Waals surface area (Å²) in [5.41, 5.74) is -3.28. The predicted octanol–water partition coefficient (Wildman–Crippen LogP) is 14.2.